The first-order valence-electron chi connectivity index (χ1n) is 13.0. The molecule has 0 aliphatic heterocycles. The molecule has 14 heteroatoms. The van der Waals surface area contributed by atoms with E-state index in [0.717, 1.165) is 48.1 Å². The van der Waals surface area contributed by atoms with E-state index in [1.54, 1.807) is 12.1 Å². The molecule has 0 saturated carbocycles. The van der Waals surface area contributed by atoms with Crippen molar-refractivity contribution in [1.82, 2.24) is 14.7 Å². The molecule has 0 spiro atoms. The van der Waals surface area contributed by atoms with E-state index in [9.17, 15) is 19.7 Å². The summed E-state index contributed by atoms with van der Waals surface area (Å²) in [7, 11) is 0. The lowest BCUT2D eigenvalue weighted by atomic mass is 9.98. The summed E-state index contributed by atoms with van der Waals surface area (Å²) in [5.41, 5.74) is 9.65. The average molecular weight is 586 g/mol. The van der Waals surface area contributed by atoms with Crippen molar-refractivity contribution in [3.8, 4) is 11.1 Å². The number of benzene rings is 2. The van der Waals surface area contributed by atoms with Crippen LogP contribution in [0.1, 0.15) is 60.0 Å². The zero-order valence-electron chi connectivity index (χ0n) is 22.6. The summed E-state index contributed by atoms with van der Waals surface area (Å²) in [5, 5.41) is 13.9. The van der Waals surface area contributed by atoms with Crippen molar-refractivity contribution in [3.63, 3.8) is 0 Å². The number of rotatable bonds is 15. The second-order valence-corrected chi connectivity index (χ2v) is 9.32. The quantitative estimate of drug-likeness (QED) is 0.0383. The Hall–Kier alpha value is -4.49. The van der Waals surface area contributed by atoms with Gasteiger partial charge in [-0.05, 0) is 36.0 Å². The first kappa shape index (κ1) is 31.0. The largest absolute Gasteiger partial charge is 0.447 e. The van der Waals surface area contributed by atoms with Crippen LogP contribution >= 0.6 is 11.6 Å². The van der Waals surface area contributed by atoms with Crippen molar-refractivity contribution in [3.05, 3.63) is 86.4 Å². The maximum atomic E-state index is 12.2. The Morgan fingerprint density at radius 2 is 1.88 bits per heavy atom. The first-order chi connectivity index (χ1) is 19.7. The summed E-state index contributed by atoms with van der Waals surface area (Å²) in [4.78, 5) is 42.5. The fraction of sp³-hybridized carbons (Fsp3) is 0.333. The van der Waals surface area contributed by atoms with Gasteiger partial charge in [-0.2, -0.15) is 0 Å². The lowest BCUT2D eigenvalue weighted by Gasteiger charge is -2.14. The van der Waals surface area contributed by atoms with E-state index in [-0.39, 0.29) is 24.2 Å². The number of amides is 1. The van der Waals surface area contributed by atoms with Gasteiger partial charge in [0.2, 0.25) is 0 Å². The number of amidine groups is 1. The summed E-state index contributed by atoms with van der Waals surface area (Å²) in [6, 6.07) is 15.0. The Bertz CT molecular complexity index is 1380. The lowest BCUT2D eigenvalue weighted by molar-refractivity contribution is -0.757. The number of aldehydes is 1. The second-order valence-electron chi connectivity index (χ2n) is 8.96. The topological polar surface area (TPSA) is 181 Å². The number of carbonyl (C=O) groups is 2. The number of imidazole rings is 1. The molecule has 13 nitrogen and oxygen atoms in total. The number of hydrazine groups is 1. The molecule has 0 radical (unpaired) electrons. The number of hydrogen-bond acceptors (Lipinski definition) is 9. The standard InChI is InChI=1S/C27H32ClN7O6/c1-2-3-10-24-31-25(28)23(18-36)33(24)17-19-11-13-20(14-12-19)21-8-4-5-9-22(21)26(29)32-34(30)27(37)40-15-6-7-16-41-35(38)39/h4-5,8-9,11-14,18H,2-3,6-7,10,15-17,30H2,1H3,(H2,29,32). The molecule has 4 N–H and O–H groups in total. The van der Waals surface area contributed by atoms with E-state index in [2.05, 4.69) is 21.8 Å². The summed E-state index contributed by atoms with van der Waals surface area (Å²) >= 11 is 6.20. The second kappa shape index (κ2) is 15.3. The van der Waals surface area contributed by atoms with Crippen molar-refractivity contribution in [2.24, 2.45) is 16.7 Å². The smallest absolute Gasteiger partial charge is 0.445 e. The van der Waals surface area contributed by atoms with Crippen LogP contribution in [0.3, 0.4) is 0 Å². The molecule has 0 atom stereocenters. The molecule has 0 bridgehead atoms. The summed E-state index contributed by atoms with van der Waals surface area (Å²) in [6.07, 6.45) is 3.11. The van der Waals surface area contributed by atoms with Gasteiger partial charge >= 0.3 is 6.09 Å². The number of carbonyl (C=O) groups excluding carboxylic acids is 2. The van der Waals surface area contributed by atoms with Crippen LogP contribution in [0.2, 0.25) is 5.15 Å². The molecular weight excluding hydrogens is 554 g/mol. The highest BCUT2D eigenvalue weighted by Gasteiger charge is 2.17. The third-order valence-electron chi connectivity index (χ3n) is 6.08. The van der Waals surface area contributed by atoms with Crippen LogP contribution in [0.4, 0.5) is 4.79 Å². The SMILES string of the molecule is CCCCc1nc(Cl)c(C=O)n1Cc1ccc(-c2ccccc2/C(N)=N/N(N)C(=O)OCCCCO[N+](=O)[O-])cc1. The monoisotopic (exact) mass is 585 g/mol. The number of ether oxygens (including phenoxy) is 1. The number of nitrogens with two attached hydrogens (primary N) is 2. The fourth-order valence-corrected chi connectivity index (χ4v) is 4.25. The third-order valence-corrected chi connectivity index (χ3v) is 6.36. The number of hydrazone groups is 1. The Morgan fingerprint density at radius 3 is 2.56 bits per heavy atom. The highest BCUT2D eigenvalue weighted by molar-refractivity contribution is 6.31. The molecule has 41 heavy (non-hydrogen) atoms. The molecule has 1 heterocycles. The molecule has 0 saturated heterocycles. The van der Waals surface area contributed by atoms with Gasteiger partial charge in [-0.15, -0.1) is 20.3 Å². The van der Waals surface area contributed by atoms with Gasteiger partial charge in [0, 0.05) is 18.5 Å². The van der Waals surface area contributed by atoms with Gasteiger partial charge in [0.05, 0.1) is 13.2 Å². The molecule has 3 aromatic rings. The van der Waals surface area contributed by atoms with Gasteiger partial charge < -0.3 is 19.9 Å². The van der Waals surface area contributed by atoms with Crippen molar-refractivity contribution in [2.75, 3.05) is 13.2 Å². The van der Waals surface area contributed by atoms with Gasteiger partial charge in [-0.3, -0.25) is 4.79 Å². The minimum absolute atomic E-state index is 0.00671. The number of unbranched alkanes of at least 4 members (excludes halogenated alkanes) is 2. The number of aryl methyl sites for hydroxylation is 1. The van der Waals surface area contributed by atoms with Gasteiger partial charge in [0.25, 0.3) is 5.09 Å². The number of hydrogen-bond donors (Lipinski definition) is 2. The number of halogens is 1. The Morgan fingerprint density at radius 1 is 1.17 bits per heavy atom. The van der Waals surface area contributed by atoms with Gasteiger partial charge in [-0.1, -0.05) is 73.5 Å². The molecule has 0 aliphatic carbocycles. The molecule has 0 unspecified atom stereocenters. The van der Waals surface area contributed by atoms with E-state index in [1.165, 1.54) is 0 Å². The van der Waals surface area contributed by atoms with Crippen LogP contribution in [0.5, 0.6) is 0 Å². The number of aromatic nitrogens is 2. The Labute approximate surface area is 241 Å². The van der Waals surface area contributed by atoms with E-state index in [4.69, 9.17) is 27.9 Å². The van der Waals surface area contributed by atoms with Gasteiger partial charge in [-0.25, -0.2) is 15.6 Å². The fourth-order valence-electron chi connectivity index (χ4n) is 4.01. The van der Waals surface area contributed by atoms with Crippen LogP contribution < -0.4 is 11.6 Å². The Balaban J connectivity index is 1.70. The predicted molar refractivity (Wildman–Crippen MR) is 152 cm³/mol. The Kier molecular flexibility index (Phi) is 11.6. The zero-order chi connectivity index (χ0) is 29.8. The molecule has 0 fully saturated rings. The molecule has 1 aromatic heterocycles. The van der Waals surface area contributed by atoms with E-state index in [0.29, 0.717) is 35.8 Å². The molecule has 2 aromatic carbocycles. The maximum absolute atomic E-state index is 12.2. The maximum Gasteiger partial charge on any atom is 0.445 e. The van der Waals surface area contributed by atoms with Crippen LogP contribution in [-0.4, -0.2) is 51.2 Å². The van der Waals surface area contributed by atoms with E-state index < -0.39 is 11.2 Å². The van der Waals surface area contributed by atoms with Gasteiger partial charge in [0.15, 0.2) is 17.3 Å². The van der Waals surface area contributed by atoms with Crippen molar-refractivity contribution < 1.29 is 24.3 Å². The van der Waals surface area contributed by atoms with Gasteiger partial charge in [0.1, 0.15) is 11.5 Å². The van der Waals surface area contributed by atoms with E-state index >= 15 is 0 Å². The highest BCUT2D eigenvalue weighted by atomic mass is 35.5. The van der Waals surface area contributed by atoms with Crippen LogP contribution in [0.15, 0.2) is 53.6 Å². The summed E-state index contributed by atoms with van der Waals surface area (Å²) in [6.45, 7) is 2.40. The normalized spacial score (nSPS) is 11.2. The predicted octanol–water partition coefficient (Wildman–Crippen LogP) is 4.33. The molecule has 0 aliphatic rings. The van der Waals surface area contributed by atoms with Crippen molar-refractivity contribution in [2.45, 2.75) is 45.6 Å². The van der Waals surface area contributed by atoms with Crippen molar-refractivity contribution >= 4 is 29.8 Å². The van der Waals surface area contributed by atoms with E-state index in [1.807, 2.05) is 41.0 Å². The summed E-state index contributed by atoms with van der Waals surface area (Å²) < 4.78 is 6.85. The van der Waals surface area contributed by atoms with Crippen LogP contribution in [0.25, 0.3) is 11.1 Å². The zero-order valence-corrected chi connectivity index (χ0v) is 23.3. The number of nitrogens with zero attached hydrogens (tertiary/aromatic N) is 5. The average Bonchev–Trinajstić information content (AvgIpc) is 3.26. The molecule has 218 valence electrons. The van der Waals surface area contributed by atoms with Crippen LogP contribution in [0, 0.1) is 10.1 Å². The first-order valence-corrected chi connectivity index (χ1v) is 13.3. The minimum Gasteiger partial charge on any atom is -0.447 e. The molecular formula is C27H32ClN7O6. The van der Waals surface area contributed by atoms with Crippen molar-refractivity contribution in [1.29, 1.82) is 0 Å². The highest BCUT2D eigenvalue weighted by Crippen LogP contribution is 2.25. The lowest BCUT2D eigenvalue weighted by Crippen LogP contribution is -2.36. The van der Waals surface area contributed by atoms with Crippen LogP contribution in [-0.2, 0) is 22.5 Å². The minimum atomic E-state index is -0.933. The summed E-state index contributed by atoms with van der Waals surface area (Å²) in [5.74, 6) is 6.48. The molecule has 1 amide bonds. The molecule has 3 rings (SSSR count). The third kappa shape index (κ3) is 8.75.